The van der Waals surface area contributed by atoms with Crippen LogP contribution in [0.15, 0.2) is 58.9 Å². The Kier molecular flexibility index (Phi) is 6.76. The van der Waals surface area contributed by atoms with Gasteiger partial charge in [-0.1, -0.05) is 12.1 Å². The van der Waals surface area contributed by atoms with Gasteiger partial charge >= 0.3 is 0 Å². The van der Waals surface area contributed by atoms with Crippen molar-refractivity contribution in [1.82, 2.24) is 9.47 Å². The highest BCUT2D eigenvalue weighted by Crippen LogP contribution is 2.25. The van der Waals surface area contributed by atoms with Crippen molar-refractivity contribution in [2.24, 2.45) is 4.99 Å². The molecule has 4 rings (SSSR count). The molecule has 0 bridgehead atoms. The van der Waals surface area contributed by atoms with Crippen LogP contribution in [0, 0.1) is 10.1 Å². The highest BCUT2D eigenvalue weighted by Gasteiger charge is 2.15. The first-order valence-corrected chi connectivity index (χ1v) is 10.9. The SMILES string of the molecule is COc1ccc(N=c2scc(-c3cccc([N+](=O)[O-])c3)n2CCN2CCOCC2)cc1. The minimum atomic E-state index is -0.365. The van der Waals surface area contributed by atoms with Crippen LogP contribution in [0.5, 0.6) is 5.75 Å². The number of hydrogen-bond donors (Lipinski definition) is 0. The second kappa shape index (κ2) is 9.86. The molecule has 3 aromatic rings. The largest absolute Gasteiger partial charge is 0.497 e. The highest BCUT2D eigenvalue weighted by atomic mass is 32.1. The first kappa shape index (κ1) is 21.2. The van der Waals surface area contributed by atoms with Crippen molar-refractivity contribution in [2.75, 3.05) is 40.0 Å². The lowest BCUT2D eigenvalue weighted by molar-refractivity contribution is -0.384. The van der Waals surface area contributed by atoms with Crippen LogP contribution in [0.25, 0.3) is 11.3 Å². The molecular weight excluding hydrogens is 416 g/mol. The molecule has 0 saturated carbocycles. The number of morpholine rings is 1. The van der Waals surface area contributed by atoms with Crippen molar-refractivity contribution >= 4 is 22.7 Å². The van der Waals surface area contributed by atoms with Crippen molar-refractivity contribution in [1.29, 1.82) is 0 Å². The summed E-state index contributed by atoms with van der Waals surface area (Å²) in [6.45, 7) is 4.89. The first-order chi connectivity index (χ1) is 15.1. The fourth-order valence-corrected chi connectivity index (χ4v) is 4.43. The third-order valence-corrected chi connectivity index (χ3v) is 6.05. The standard InChI is InChI=1S/C22H24N4O4S/c1-29-20-7-5-18(6-8-20)23-22-25(10-9-24-11-13-30-14-12-24)21(16-31-22)17-3-2-4-19(15-17)26(27)28/h2-8,15-16H,9-14H2,1H3. The summed E-state index contributed by atoms with van der Waals surface area (Å²) in [6.07, 6.45) is 0. The van der Waals surface area contributed by atoms with Gasteiger partial charge < -0.3 is 14.0 Å². The molecule has 1 aromatic heterocycles. The van der Waals surface area contributed by atoms with Gasteiger partial charge in [-0.05, 0) is 24.3 Å². The van der Waals surface area contributed by atoms with Gasteiger partial charge in [0.1, 0.15) is 5.75 Å². The van der Waals surface area contributed by atoms with Gasteiger partial charge in [0.15, 0.2) is 4.80 Å². The zero-order valence-corrected chi connectivity index (χ0v) is 18.1. The number of nitro benzene ring substituents is 1. The Hall–Kier alpha value is -3.01. The Morgan fingerprint density at radius 1 is 1.16 bits per heavy atom. The molecule has 0 atom stereocenters. The van der Waals surface area contributed by atoms with E-state index in [0.717, 1.165) is 66.9 Å². The molecule has 1 aliphatic heterocycles. The van der Waals surface area contributed by atoms with Crippen LogP contribution in [0.2, 0.25) is 0 Å². The maximum Gasteiger partial charge on any atom is 0.270 e. The van der Waals surface area contributed by atoms with Crippen LogP contribution in [-0.2, 0) is 11.3 Å². The maximum atomic E-state index is 11.3. The van der Waals surface area contributed by atoms with Gasteiger partial charge in [0.2, 0.25) is 0 Å². The zero-order valence-electron chi connectivity index (χ0n) is 17.3. The molecule has 0 aliphatic carbocycles. The Bertz CT molecular complexity index is 1100. The summed E-state index contributed by atoms with van der Waals surface area (Å²) in [4.78, 5) is 18.9. The van der Waals surface area contributed by atoms with Crippen molar-refractivity contribution < 1.29 is 14.4 Å². The Labute approximate surface area is 184 Å². The van der Waals surface area contributed by atoms with E-state index in [1.807, 2.05) is 35.7 Å². The summed E-state index contributed by atoms with van der Waals surface area (Å²) >= 11 is 1.53. The molecular formula is C22H24N4O4S. The number of non-ortho nitro benzene ring substituents is 1. The van der Waals surface area contributed by atoms with Crippen molar-refractivity contribution in [3.63, 3.8) is 0 Å². The first-order valence-electron chi connectivity index (χ1n) is 10.1. The Balaban J connectivity index is 1.71. The van der Waals surface area contributed by atoms with Crippen LogP contribution in [-0.4, -0.2) is 54.3 Å². The number of thiazole rings is 1. The van der Waals surface area contributed by atoms with E-state index < -0.39 is 0 Å². The third-order valence-electron chi connectivity index (χ3n) is 5.19. The van der Waals surface area contributed by atoms with Gasteiger partial charge in [0, 0.05) is 49.3 Å². The number of aromatic nitrogens is 1. The number of ether oxygens (including phenoxy) is 2. The molecule has 8 nitrogen and oxygen atoms in total. The number of rotatable bonds is 7. The topological polar surface area (TPSA) is 82.1 Å². The van der Waals surface area contributed by atoms with E-state index in [1.54, 1.807) is 19.2 Å². The molecule has 0 amide bonds. The van der Waals surface area contributed by atoms with Gasteiger partial charge in [-0.25, -0.2) is 4.99 Å². The maximum absolute atomic E-state index is 11.3. The van der Waals surface area contributed by atoms with E-state index in [0.29, 0.717) is 0 Å². The van der Waals surface area contributed by atoms with E-state index in [9.17, 15) is 10.1 Å². The molecule has 0 N–H and O–H groups in total. The van der Waals surface area contributed by atoms with E-state index in [4.69, 9.17) is 14.5 Å². The summed E-state index contributed by atoms with van der Waals surface area (Å²) in [5.41, 5.74) is 2.64. The van der Waals surface area contributed by atoms with E-state index in [2.05, 4.69) is 9.47 Å². The minimum absolute atomic E-state index is 0.0806. The summed E-state index contributed by atoms with van der Waals surface area (Å²) in [5, 5.41) is 13.3. The second-order valence-electron chi connectivity index (χ2n) is 7.13. The monoisotopic (exact) mass is 440 g/mol. The Morgan fingerprint density at radius 3 is 2.65 bits per heavy atom. The predicted octanol–water partition coefficient (Wildman–Crippen LogP) is 3.70. The molecule has 2 heterocycles. The molecule has 1 fully saturated rings. The van der Waals surface area contributed by atoms with E-state index in [1.165, 1.54) is 17.4 Å². The molecule has 0 unspecified atom stereocenters. The van der Waals surface area contributed by atoms with Crippen molar-refractivity contribution in [2.45, 2.75) is 6.54 Å². The lowest BCUT2D eigenvalue weighted by Crippen LogP contribution is -2.39. The summed E-state index contributed by atoms with van der Waals surface area (Å²) in [7, 11) is 1.64. The van der Waals surface area contributed by atoms with Crippen LogP contribution in [0.4, 0.5) is 11.4 Å². The van der Waals surface area contributed by atoms with Gasteiger partial charge in [0.05, 0.1) is 36.6 Å². The number of nitro groups is 1. The molecule has 2 aromatic carbocycles. The molecule has 1 saturated heterocycles. The van der Waals surface area contributed by atoms with Crippen LogP contribution >= 0.6 is 11.3 Å². The summed E-state index contributed by atoms with van der Waals surface area (Å²) in [5.74, 6) is 0.780. The van der Waals surface area contributed by atoms with E-state index >= 15 is 0 Å². The number of nitrogens with zero attached hydrogens (tertiary/aromatic N) is 4. The molecule has 31 heavy (non-hydrogen) atoms. The summed E-state index contributed by atoms with van der Waals surface area (Å²) < 4.78 is 12.8. The summed E-state index contributed by atoms with van der Waals surface area (Å²) in [6, 6.07) is 14.3. The normalized spacial score (nSPS) is 15.2. The third kappa shape index (κ3) is 5.19. The average Bonchev–Trinajstić information content (AvgIpc) is 3.21. The fraction of sp³-hybridized carbons (Fsp3) is 0.318. The van der Waals surface area contributed by atoms with Crippen LogP contribution in [0.1, 0.15) is 0 Å². The van der Waals surface area contributed by atoms with Crippen molar-refractivity contribution in [3.8, 4) is 17.0 Å². The smallest absolute Gasteiger partial charge is 0.270 e. The lowest BCUT2D eigenvalue weighted by Gasteiger charge is -2.26. The van der Waals surface area contributed by atoms with E-state index in [-0.39, 0.29) is 10.6 Å². The van der Waals surface area contributed by atoms with Gasteiger partial charge in [-0.3, -0.25) is 15.0 Å². The van der Waals surface area contributed by atoms with Crippen LogP contribution in [0.3, 0.4) is 0 Å². The highest BCUT2D eigenvalue weighted by molar-refractivity contribution is 7.07. The fourth-order valence-electron chi connectivity index (χ4n) is 3.48. The number of hydrogen-bond acceptors (Lipinski definition) is 7. The molecule has 0 radical (unpaired) electrons. The zero-order chi connectivity index (χ0) is 21.6. The molecule has 1 aliphatic rings. The van der Waals surface area contributed by atoms with Gasteiger partial charge in [-0.15, -0.1) is 11.3 Å². The Morgan fingerprint density at radius 2 is 1.94 bits per heavy atom. The predicted molar refractivity (Wildman–Crippen MR) is 120 cm³/mol. The minimum Gasteiger partial charge on any atom is -0.497 e. The lowest BCUT2D eigenvalue weighted by atomic mass is 10.1. The second-order valence-corrected chi connectivity index (χ2v) is 7.96. The average molecular weight is 441 g/mol. The van der Waals surface area contributed by atoms with Crippen molar-refractivity contribution in [3.05, 3.63) is 68.8 Å². The molecule has 162 valence electrons. The van der Waals surface area contributed by atoms with Crippen LogP contribution < -0.4 is 9.54 Å². The quantitative estimate of drug-likeness (QED) is 0.413. The van der Waals surface area contributed by atoms with Gasteiger partial charge in [-0.2, -0.15) is 0 Å². The molecule has 0 spiro atoms. The number of benzene rings is 2. The number of methoxy groups -OCH3 is 1. The van der Waals surface area contributed by atoms with Gasteiger partial charge in [0.25, 0.3) is 5.69 Å². The molecule has 9 heteroatoms.